The maximum Gasteiger partial charge on any atom is 0.253 e. The highest BCUT2D eigenvalue weighted by atomic mass is 35.5. The number of aromatic nitrogens is 2. The van der Waals surface area contributed by atoms with E-state index in [0.717, 1.165) is 17.9 Å². The smallest absolute Gasteiger partial charge is 0.253 e. The van der Waals surface area contributed by atoms with E-state index in [1.165, 1.54) is 0 Å². The summed E-state index contributed by atoms with van der Waals surface area (Å²) >= 11 is 0. The zero-order chi connectivity index (χ0) is 17.6. The zero-order valence-corrected chi connectivity index (χ0v) is 16.9. The number of halogens is 2. The lowest BCUT2D eigenvalue weighted by Gasteiger charge is -2.17. The van der Waals surface area contributed by atoms with Crippen LogP contribution in [0.25, 0.3) is 5.65 Å². The molecule has 2 heterocycles. The van der Waals surface area contributed by atoms with Crippen molar-refractivity contribution in [3.8, 4) is 5.75 Å². The lowest BCUT2D eigenvalue weighted by molar-refractivity contribution is 0.0796. The number of fused-ring (bicyclic) bond motifs is 1. The standard InChI is InChI=1S/C19H22N4O2.2ClH/c1-20-9-11-22(2)19(24)15-6-5-7-17(12-15)25-14-16-13-23-10-4-3-8-18(23)21-16;;/h3-8,10,12-13,20H,9,11,14H2,1-2H3;2*1H. The number of carbonyl (C=O) groups is 1. The van der Waals surface area contributed by atoms with Crippen LogP contribution in [0.3, 0.4) is 0 Å². The molecule has 1 aromatic carbocycles. The number of amides is 1. The monoisotopic (exact) mass is 410 g/mol. The molecular weight excluding hydrogens is 387 g/mol. The molecule has 3 rings (SSSR count). The molecule has 0 fully saturated rings. The predicted octanol–water partition coefficient (Wildman–Crippen LogP) is 3.05. The first kappa shape index (κ1) is 22.8. The molecule has 0 saturated carbocycles. The van der Waals surface area contributed by atoms with Gasteiger partial charge in [-0.3, -0.25) is 4.79 Å². The van der Waals surface area contributed by atoms with Gasteiger partial charge in [0, 0.05) is 38.1 Å². The van der Waals surface area contributed by atoms with Crippen molar-refractivity contribution in [2.45, 2.75) is 6.61 Å². The molecule has 1 N–H and O–H groups in total. The molecule has 0 atom stereocenters. The van der Waals surface area contributed by atoms with E-state index >= 15 is 0 Å². The summed E-state index contributed by atoms with van der Waals surface area (Å²) in [5.41, 5.74) is 2.34. The fourth-order valence-corrected chi connectivity index (χ4v) is 2.53. The van der Waals surface area contributed by atoms with Gasteiger partial charge in [0.2, 0.25) is 0 Å². The van der Waals surface area contributed by atoms with E-state index in [2.05, 4.69) is 10.3 Å². The van der Waals surface area contributed by atoms with Crippen molar-refractivity contribution in [1.29, 1.82) is 0 Å². The summed E-state index contributed by atoms with van der Waals surface area (Å²) in [7, 11) is 3.66. The van der Waals surface area contributed by atoms with Crippen LogP contribution in [0.15, 0.2) is 54.9 Å². The molecule has 0 spiro atoms. The van der Waals surface area contributed by atoms with Crippen molar-refractivity contribution in [2.24, 2.45) is 0 Å². The van der Waals surface area contributed by atoms with Gasteiger partial charge in [0.25, 0.3) is 5.91 Å². The van der Waals surface area contributed by atoms with Crippen LogP contribution in [0.4, 0.5) is 0 Å². The summed E-state index contributed by atoms with van der Waals surface area (Å²) in [5, 5.41) is 3.04. The van der Waals surface area contributed by atoms with Crippen molar-refractivity contribution in [1.82, 2.24) is 19.6 Å². The van der Waals surface area contributed by atoms with Gasteiger partial charge in [0.05, 0.1) is 5.69 Å². The third-order valence-corrected chi connectivity index (χ3v) is 3.93. The van der Waals surface area contributed by atoms with Crippen LogP contribution < -0.4 is 10.1 Å². The largest absolute Gasteiger partial charge is 0.487 e. The molecule has 0 aliphatic carbocycles. The van der Waals surface area contributed by atoms with Gasteiger partial charge in [-0.25, -0.2) is 4.98 Å². The first-order chi connectivity index (χ1) is 12.2. The number of ether oxygens (including phenoxy) is 1. The molecule has 0 bridgehead atoms. The molecule has 0 saturated heterocycles. The fraction of sp³-hybridized carbons (Fsp3) is 0.263. The summed E-state index contributed by atoms with van der Waals surface area (Å²) in [6, 6.07) is 13.1. The Balaban J connectivity index is 0.00000182. The molecule has 6 nitrogen and oxygen atoms in total. The second-order valence-corrected chi connectivity index (χ2v) is 5.85. The van der Waals surface area contributed by atoms with Gasteiger partial charge in [0.1, 0.15) is 18.0 Å². The average molecular weight is 411 g/mol. The Morgan fingerprint density at radius 1 is 1.22 bits per heavy atom. The molecule has 2 aromatic heterocycles. The van der Waals surface area contributed by atoms with Crippen molar-refractivity contribution in [2.75, 3.05) is 27.2 Å². The Bertz CT molecular complexity index is 837. The number of rotatable bonds is 7. The third kappa shape index (κ3) is 5.85. The number of likely N-dealkylation sites (N-methyl/N-ethyl adjacent to an activating group) is 2. The second kappa shape index (κ2) is 10.8. The molecular formula is C19H24Cl2N4O2. The summed E-state index contributed by atoms with van der Waals surface area (Å²) in [4.78, 5) is 18.6. The predicted molar refractivity (Wildman–Crippen MR) is 111 cm³/mol. The quantitative estimate of drug-likeness (QED) is 0.650. The van der Waals surface area contributed by atoms with E-state index in [-0.39, 0.29) is 30.7 Å². The minimum Gasteiger partial charge on any atom is -0.487 e. The molecule has 8 heteroatoms. The van der Waals surface area contributed by atoms with Crippen LogP contribution in [0.1, 0.15) is 16.1 Å². The fourth-order valence-electron chi connectivity index (χ4n) is 2.53. The molecule has 146 valence electrons. The van der Waals surface area contributed by atoms with Gasteiger partial charge in [-0.2, -0.15) is 0 Å². The minimum atomic E-state index is -0.0200. The number of carbonyl (C=O) groups excluding carboxylic acids is 1. The van der Waals surface area contributed by atoms with Gasteiger partial charge in [0.15, 0.2) is 0 Å². The van der Waals surface area contributed by atoms with E-state index in [1.807, 2.05) is 54.2 Å². The molecule has 0 unspecified atom stereocenters. The maximum absolute atomic E-state index is 12.4. The number of imidazole rings is 1. The highest BCUT2D eigenvalue weighted by Crippen LogP contribution is 2.16. The maximum atomic E-state index is 12.4. The van der Waals surface area contributed by atoms with Gasteiger partial charge in [-0.05, 0) is 37.4 Å². The van der Waals surface area contributed by atoms with Crippen molar-refractivity contribution < 1.29 is 9.53 Å². The van der Waals surface area contributed by atoms with Crippen molar-refractivity contribution >= 4 is 36.4 Å². The van der Waals surface area contributed by atoms with E-state index in [9.17, 15) is 4.79 Å². The molecule has 27 heavy (non-hydrogen) atoms. The SMILES string of the molecule is CNCCN(C)C(=O)c1cccc(OCc2cn3ccccc3n2)c1.Cl.Cl. The lowest BCUT2D eigenvalue weighted by Crippen LogP contribution is -2.32. The van der Waals surface area contributed by atoms with Crippen LogP contribution in [0.2, 0.25) is 0 Å². The summed E-state index contributed by atoms with van der Waals surface area (Å²) < 4.78 is 7.77. The van der Waals surface area contributed by atoms with Crippen LogP contribution >= 0.6 is 24.8 Å². The Kier molecular flexibility index (Phi) is 9.08. The van der Waals surface area contributed by atoms with Crippen LogP contribution in [0.5, 0.6) is 5.75 Å². The van der Waals surface area contributed by atoms with Crippen molar-refractivity contribution in [3.63, 3.8) is 0 Å². The average Bonchev–Trinajstić information content (AvgIpc) is 3.07. The van der Waals surface area contributed by atoms with E-state index in [4.69, 9.17) is 4.74 Å². The Hall–Kier alpha value is -2.28. The van der Waals surface area contributed by atoms with Gasteiger partial charge >= 0.3 is 0 Å². The number of nitrogens with one attached hydrogen (secondary N) is 1. The molecule has 0 aliphatic heterocycles. The first-order valence-electron chi connectivity index (χ1n) is 8.23. The zero-order valence-electron chi connectivity index (χ0n) is 15.3. The first-order valence-corrected chi connectivity index (χ1v) is 8.23. The minimum absolute atomic E-state index is 0. The van der Waals surface area contributed by atoms with Gasteiger partial charge < -0.3 is 19.4 Å². The molecule has 1 amide bonds. The van der Waals surface area contributed by atoms with E-state index in [1.54, 1.807) is 24.1 Å². The van der Waals surface area contributed by atoms with E-state index < -0.39 is 0 Å². The number of pyridine rings is 1. The normalized spacial score (nSPS) is 10.0. The third-order valence-electron chi connectivity index (χ3n) is 3.93. The highest BCUT2D eigenvalue weighted by molar-refractivity contribution is 5.94. The molecule has 0 aliphatic rings. The summed E-state index contributed by atoms with van der Waals surface area (Å²) in [5.74, 6) is 0.637. The lowest BCUT2D eigenvalue weighted by atomic mass is 10.2. The number of nitrogens with zero attached hydrogens (tertiary/aromatic N) is 3. The van der Waals surface area contributed by atoms with Crippen LogP contribution in [-0.4, -0.2) is 47.4 Å². The Morgan fingerprint density at radius 2 is 2.04 bits per heavy atom. The molecule has 0 radical (unpaired) electrons. The number of hydrogen-bond acceptors (Lipinski definition) is 4. The van der Waals surface area contributed by atoms with Gasteiger partial charge in [-0.1, -0.05) is 12.1 Å². The summed E-state index contributed by atoms with van der Waals surface area (Å²) in [6.07, 6.45) is 3.89. The number of benzene rings is 1. The molecule has 3 aromatic rings. The number of hydrogen-bond donors (Lipinski definition) is 1. The van der Waals surface area contributed by atoms with Crippen LogP contribution in [0, 0.1) is 0 Å². The van der Waals surface area contributed by atoms with Crippen LogP contribution in [-0.2, 0) is 6.61 Å². The second-order valence-electron chi connectivity index (χ2n) is 5.85. The van der Waals surface area contributed by atoms with E-state index in [0.29, 0.717) is 24.5 Å². The summed E-state index contributed by atoms with van der Waals surface area (Å²) in [6.45, 7) is 1.77. The Labute approximate surface area is 171 Å². The Morgan fingerprint density at radius 3 is 2.78 bits per heavy atom. The topological polar surface area (TPSA) is 58.9 Å². The van der Waals surface area contributed by atoms with Crippen molar-refractivity contribution in [3.05, 3.63) is 66.1 Å². The highest BCUT2D eigenvalue weighted by Gasteiger charge is 2.12. The van der Waals surface area contributed by atoms with Gasteiger partial charge in [-0.15, -0.1) is 24.8 Å².